The molecule has 0 heterocycles. The zero-order chi connectivity index (χ0) is 12.8. The molecule has 0 amide bonds. The number of hydrogen-bond acceptors (Lipinski definition) is 4. The van der Waals surface area contributed by atoms with E-state index in [2.05, 4.69) is 4.74 Å². The molecule has 0 N–H and O–H groups in total. The third-order valence-corrected chi connectivity index (χ3v) is 2.30. The lowest BCUT2D eigenvalue weighted by Gasteiger charge is -2.04. The molecule has 1 rings (SSSR count). The number of ether oxygens (including phenoxy) is 1. The Kier molecular flexibility index (Phi) is 4.39. The Bertz CT molecular complexity index is 465. The molecule has 0 saturated carbocycles. The molecule has 0 aromatic heterocycles. The van der Waals surface area contributed by atoms with Crippen LogP contribution in [-0.4, -0.2) is 18.0 Å². The second kappa shape index (κ2) is 5.79. The van der Waals surface area contributed by atoms with Crippen LogP contribution in [0.4, 0.5) is 5.69 Å². The van der Waals surface area contributed by atoms with Crippen molar-refractivity contribution in [1.82, 2.24) is 0 Å². The number of nitrogens with zero attached hydrogens (tertiary/aromatic N) is 1. The van der Waals surface area contributed by atoms with Crippen LogP contribution in [0.1, 0.15) is 18.9 Å². The van der Waals surface area contributed by atoms with Gasteiger partial charge in [-0.2, -0.15) is 0 Å². The summed E-state index contributed by atoms with van der Waals surface area (Å²) in [5, 5.41) is 10.6. The van der Waals surface area contributed by atoms with Gasteiger partial charge in [-0.1, -0.05) is 19.1 Å². The van der Waals surface area contributed by atoms with E-state index in [0.29, 0.717) is 17.6 Å². The molecular formula is C12H13NO4. The minimum Gasteiger partial charge on any atom is -0.466 e. The maximum absolute atomic E-state index is 11.1. The van der Waals surface area contributed by atoms with Gasteiger partial charge in [0.2, 0.25) is 0 Å². The predicted octanol–water partition coefficient (Wildman–Crippen LogP) is 2.56. The monoisotopic (exact) mass is 235 g/mol. The predicted molar refractivity (Wildman–Crippen MR) is 63.4 cm³/mol. The summed E-state index contributed by atoms with van der Waals surface area (Å²) in [6.07, 6.45) is 1.94. The molecule has 0 radical (unpaired) electrons. The molecule has 0 aliphatic rings. The summed E-state index contributed by atoms with van der Waals surface area (Å²) in [7, 11) is 1.29. The molecule has 0 bridgehead atoms. The van der Waals surface area contributed by atoms with E-state index >= 15 is 0 Å². The second-order valence-electron chi connectivity index (χ2n) is 3.35. The zero-order valence-corrected chi connectivity index (χ0v) is 9.67. The fraction of sp³-hybridized carbons (Fsp3) is 0.250. The Balaban J connectivity index is 3.12. The van der Waals surface area contributed by atoms with Gasteiger partial charge >= 0.3 is 5.97 Å². The van der Waals surface area contributed by atoms with Crippen molar-refractivity contribution >= 4 is 17.2 Å². The molecule has 5 heteroatoms. The standard InChI is InChI=1S/C12H13NO4/c1-3-9(8-12(14)17-2)10-5-4-6-11(7-10)13(15)16/h4-8H,3H2,1-2H3. The molecule has 5 nitrogen and oxygen atoms in total. The quantitative estimate of drug-likeness (QED) is 0.348. The molecule has 0 atom stereocenters. The van der Waals surface area contributed by atoms with Gasteiger partial charge in [0.25, 0.3) is 5.69 Å². The summed E-state index contributed by atoms with van der Waals surface area (Å²) >= 11 is 0. The van der Waals surface area contributed by atoms with Crippen LogP contribution in [0.2, 0.25) is 0 Å². The average Bonchev–Trinajstić information content (AvgIpc) is 2.35. The number of carbonyl (C=O) groups is 1. The van der Waals surface area contributed by atoms with E-state index in [1.165, 1.54) is 25.3 Å². The van der Waals surface area contributed by atoms with Gasteiger partial charge in [0.05, 0.1) is 12.0 Å². The highest BCUT2D eigenvalue weighted by Crippen LogP contribution is 2.22. The Hall–Kier alpha value is -2.17. The van der Waals surface area contributed by atoms with Gasteiger partial charge < -0.3 is 4.74 Å². The van der Waals surface area contributed by atoms with E-state index in [1.54, 1.807) is 12.1 Å². The minimum absolute atomic E-state index is 0.00622. The van der Waals surface area contributed by atoms with E-state index in [4.69, 9.17) is 0 Å². The number of esters is 1. The summed E-state index contributed by atoms with van der Waals surface area (Å²) in [4.78, 5) is 21.3. The lowest BCUT2D eigenvalue weighted by molar-refractivity contribution is -0.384. The molecule has 0 unspecified atom stereocenters. The number of hydrogen-bond donors (Lipinski definition) is 0. The first kappa shape index (κ1) is 12.9. The van der Waals surface area contributed by atoms with Crippen molar-refractivity contribution in [2.24, 2.45) is 0 Å². The van der Waals surface area contributed by atoms with E-state index in [0.717, 1.165) is 0 Å². The number of carbonyl (C=O) groups excluding carboxylic acids is 1. The third-order valence-electron chi connectivity index (χ3n) is 2.30. The maximum atomic E-state index is 11.1. The fourth-order valence-electron chi connectivity index (χ4n) is 1.41. The van der Waals surface area contributed by atoms with Crippen LogP contribution in [0.3, 0.4) is 0 Å². The van der Waals surface area contributed by atoms with Crippen LogP contribution in [0, 0.1) is 10.1 Å². The first-order chi connectivity index (χ1) is 8.08. The lowest BCUT2D eigenvalue weighted by atomic mass is 10.0. The molecule has 0 fully saturated rings. The average molecular weight is 235 g/mol. The van der Waals surface area contributed by atoms with Gasteiger partial charge in [0.1, 0.15) is 0 Å². The first-order valence-electron chi connectivity index (χ1n) is 5.11. The zero-order valence-electron chi connectivity index (χ0n) is 9.67. The summed E-state index contributed by atoms with van der Waals surface area (Å²) in [5.41, 5.74) is 1.37. The molecular weight excluding hydrogens is 222 g/mol. The van der Waals surface area contributed by atoms with Crippen LogP contribution in [0.5, 0.6) is 0 Å². The van der Waals surface area contributed by atoms with Gasteiger partial charge in [-0.15, -0.1) is 0 Å². The van der Waals surface area contributed by atoms with Crippen LogP contribution in [-0.2, 0) is 9.53 Å². The van der Waals surface area contributed by atoms with Gasteiger partial charge in [0, 0.05) is 18.2 Å². The Morgan fingerprint density at radius 1 is 1.53 bits per heavy atom. The number of nitro benzene ring substituents is 1. The smallest absolute Gasteiger partial charge is 0.330 e. The van der Waals surface area contributed by atoms with Gasteiger partial charge in [-0.3, -0.25) is 10.1 Å². The normalized spacial score (nSPS) is 11.1. The van der Waals surface area contributed by atoms with E-state index in [9.17, 15) is 14.9 Å². The highest BCUT2D eigenvalue weighted by Gasteiger charge is 2.09. The molecule has 17 heavy (non-hydrogen) atoms. The van der Waals surface area contributed by atoms with E-state index in [1.807, 2.05) is 6.92 Å². The van der Waals surface area contributed by atoms with Crippen LogP contribution in [0.15, 0.2) is 30.3 Å². The van der Waals surface area contributed by atoms with Gasteiger partial charge in [-0.25, -0.2) is 4.79 Å². The van der Waals surface area contributed by atoms with Crippen molar-refractivity contribution in [2.75, 3.05) is 7.11 Å². The molecule has 0 aliphatic carbocycles. The van der Waals surface area contributed by atoms with E-state index < -0.39 is 10.9 Å². The molecule has 0 spiro atoms. The lowest BCUT2D eigenvalue weighted by Crippen LogP contribution is -1.97. The number of methoxy groups -OCH3 is 1. The molecule has 1 aromatic carbocycles. The van der Waals surface area contributed by atoms with Crippen molar-refractivity contribution in [1.29, 1.82) is 0 Å². The highest BCUT2D eigenvalue weighted by atomic mass is 16.6. The van der Waals surface area contributed by atoms with Crippen LogP contribution < -0.4 is 0 Å². The summed E-state index contributed by atoms with van der Waals surface area (Å²) in [6.45, 7) is 1.87. The first-order valence-corrected chi connectivity index (χ1v) is 5.11. The second-order valence-corrected chi connectivity index (χ2v) is 3.35. The van der Waals surface area contributed by atoms with E-state index in [-0.39, 0.29) is 5.69 Å². The number of benzene rings is 1. The van der Waals surface area contributed by atoms with Gasteiger partial charge in [0.15, 0.2) is 0 Å². The molecule has 1 aromatic rings. The summed E-state index contributed by atoms with van der Waals surface area (Å²) in [5.74, 6) is -0.464. The van der Waals surface area contributed by atoms with Crippen molar-refractivity contribution in [3.8, 4) is 0 Å². The minimum atomic E-state index is -0.464. The summed E-state index contributed by atoms with van der Waals surface area (Å²) in [6, 6.07) is 6.17. The van der Waals surface area contributed by atoms with Crippen molar-refractivity contribution in [3.63, 3.8) is 0 Å². The number of nitro groups is 1. The van der Waals surface area contributed by atoms with Crippen LogP contribution in [0.25, 0.3) is 5.57 Å². The third kappa shape index (κ3) is 3.41. The summed E-state index contributed by atoms with van der Waals surface area (Å²) < 4.78 is 4.53. The van der Waals surface area contributed by atoms with Crippen molar-refractivity contribution in [2.45, 2.75) is 13.3 Å². The Morgan fingerprint density at radius 3 is 2.76 bits per heavy atom. The van der Waals surface area contributed by atoms with Crippen molar-refractivity contribution in [3.05, 3.63) is 46.0 Å². The highest BCUT2D eigenvalue weighted by molar-refractivity contribution is 5.91. The Morgan fingerprint density at radius 2 is 2.24 bits per heavy atom. The Labute approximate surface area is 98.9 Å². The topological polar surface area (TPSA) is 69.4 Å². The number of non-ortho nitro benzene ring substituents is 1. The fourth-order valence-corrected chi connectivity index (χ4v) is 1.41. The number of rotatable bonds is 4. The molecule has 0 saturated heterocycles. The van der Waals surface area contributed by atoms with Gasteiger partial charge in [-0.05, 0) is 17.6 Å². The maximum Gasteiger partial charge on any atom is 0.330 e. The molecule has 0 aliphatic heterocycles. The molecule has 90 valence electrons. The van der Waals surface area contributed by atoms with Crippen LogP contribution >= 0.6 is 0 Å². The largest absolute Gasteiger partial charge is 0.466 e. The number of allylic oxidation sites excluding steroid dienone is 1. The SMILES string of the molecule is CCC(=CC(=O)OC)c1cccc([N+](=O)[O-])c1. The van der Waals surface area contributed by atoms with Crippen molar-refractivity contribution < 1.29 is 14.5 Å².